The Kier molecular flexibility index (Phi) is 5.90. The van der Waals surface area contributed by atoms with E-state index in [2.05, 4.69) is 31.8 Å². The average Bonchev–Trinajstić information content (AvgIpc) is 3.26. The zero-order valence-corrected chi connectivity index (χ0v) is 17.6. The summed E-state index contributed by atoms with van der Waals surface area (Å²) in [5, 5.41) is 18.3. The molecule has 2 heterocycles. The Labute approximate surface area is 184 Å². The van der Waals surface area contributed by atoms with Gasteiger partial charge in [-0.2, -0.15) is 15.2 Å². The monoisotopic (exact) mass is 424 g/mol. The highest BCUT2D eigenvalue weighted by molar-refractivity contribution is 5.72. The van der Waals surface area contributed by atoms with Crippen LogP contribution in [0.15, 0.2) is 70.4 Å². The van der Waals surface area contributed by atoms with Crippen LogP contribution in [0, 0.1) is 30.1 Å². The third-order valence-electron chi connectivity index (χ3n) is 4.88. The standard InChI is InChI=1S/C24H20N6O2/c1-15-11-18(21-8-7-20(32-21)14-27-31)12-16(2)23(15)29-22-9-10-26-24(30-22)28-19-5-3-17(13-25)4-6-19/h3-12H,14H2,1-2H3,(H2,26,28,29,30). The summed E-state index contributed by atoms with van der Waals surface area (Å²) in [5.74, 6) is 2.32. The number of furan rings is 1. The second-order valence-electron chi connectivity index (χ2n) is 7.24. The summed E-state index contributed by atoms with van der Waals surface area (Å²) in [6.07, 6.45) is 1.67. The smallest absolute Gasteiger partial charge is 0.229 e. The Balaban J connectivity index is 1.54. The molecule has 2 aromatic heterocycles. The van der Waals surface area contributed by atoms with Crippen LogP contribution in [0.3, 0.4) is 0 Å². The lowest BCUT2D eigenvalue weighted by atomic mass is 10.0. The van der Waals surface area contributed by atoms with Crippen molar-refractivity contribution in [2.75, 3.05) is 10.6 Å². The number of hydrogen-bond acceptors (Lipinski definition) is 8. The molecule has 0 unspecified atom stereocenters. The summed E-state index contributed by atoms with van der Waals surface area (Å²) in [5.41, 5.74) is 5.29. The molecular weight excluding hydrogens is 404 g/mol. The first-order valence-electron chi connectivity index (χ1n) is 9.92. The zero-order chi connectivity index (χ0) is 22.5. The van der Waals surface area contributed by atoms with Gasteiger partial charge in [0.1, 0.15) is 23.9 Å². The van der Waals surface area contributed by atoms with E-state index in [9.17, 15) is 4.91 Å². The summed E-state index contributed by atoms with van der Waals surface area (Å²) in [7, 11) is 0. The van der Waals surface area contributed by atoms with E-state index in [0.717, 1.165) is 28.1 Å². The predicted molar refractivity (Wildman–Crippen MR) is 123 cm³/mol. The van der Waals surface area contributed by atoms with Crippen molar-refractivity contribution in [1.82, 2.24) is 9.97 Å². The first kappa shape index (κ1) is 20.8. The van der Waals surface area contributed by atoms with Crippen molar-refractivity contribution in [2.24, 2.45) is 5.18 Å². The van der Waals surface area contributed by atoms with E-state index in [0.29, 0.717) is 28.9 Å². The van der Waals surface area contributed by atoms with Gasteiger partial charge in [-0.25, -0.2) is 4.98 Å². The number of aromatic nitrogens is 2. The van der Waals surface area contributed by atoms with Crippen LogP contribution in [0.5, 0.6) is 0 Å². The van der Waals surface area contributed by atoms with Gasteiger partial charge in [-0.1, -0.05) is 5.18 Å². The molecule has 2 N–H and O–H groups in total. The van der Waals surface area contributed by atoms with Crippen LogP contribution >= 0.6 is 0 Å². The van der Waals surface area contributed by atoms with Gasteiger partial charge in [0.15, 0.2) is 0 Å². The number of aryl methyl sites for hydroxylation is 2. The van der Waals surface area contributed by atoms with Gasteiger partial charge in [0, 0.05) is 23.1 Å². The van der Waals surface area contributed by atoms with Crippen molar-refractivity contribution in [3.05, 3.63) is 88.2 Å². The molecule has 0 spiro atoms. The van der Waals surface area contributed by atoms with Crippen molar-refractivity contribution in [3.8, 4) is 17.4 Å². The molecule has 0 aliphatic heterocycles. The Morgan fingerprint density at radius 3 is 2.47 bits per heavy atom. The molecule has 0 atom stereocenters. The maximum absolute atomic E-state index is 10.5. The topological polar surface area (TPSA) is 116 Å². The highest BCUT2D eigenvalue weighted by Gasteiger charge is 2.11. The third kappa shape index (κ3) is 4.63. The Hall–Kier alpha value is -4.51. The maximum Gasteiger partial charge on any atom is 0.229 e. The summed E-state index contributed by atoms with van der Waals surface area (Å²) in [6.45, 7) is 4.03. The van der Waals surface area contributed by atoms with Crippen molar-refractivity contribution in [1.29, 1.82) is 5.26 Å². The number of anilines is 4. The van der Waals surface area contributed by atoms with Crippen molar-refractivity contribution in [2.45, 2.75) is 20.4 Å². The molecule has 0 bridgehead atoms. The van der Waals surface area contributed by atoms with Gasteiger partial charge >= 0.3 is 0 Å². The zero-order valence-electron chi connectivity index (χ0n) is 17.6. The molecular formula is C24H20N6O2. The number of nitriles is 1. The number of rotatable bonds is 7. The quantitative estimate of drug-likeness (QED) is 0.351. The van der Waals surface area contributed by atoms with Gasteiger partial charge in [-0.3, -0.25) is 0 Å². The maximum atomic E-state index is 10.5. The molecule has 4 aromatic rings. The predicted octanol–water partition coefficient (Wildman–Crippen LogP) is 5.98. The van der Waals surface area contributed by atoms with E-state index in [1.807, 2.05) is 32.0 Å². The Morgan fingerprint density at radius 1 is 1.03 bits per heavy atom. The van der Waals surface area contributed by atoms with E-state index >= 15 is 0 Å². The molecule has 0 saturated heterocycles. The first-order chi connectivity index (χ1) is 15.6. The fourth-order valence-electron chi connectivity index (χ4n) is 3.36. The number of hydrogen-bond donors (Lipinski definition) is 2. The number of benzene rings is 2. The first-order valence-corrected chi connectivity index (χ1v) is 9.92. The lowest BCUT2D eigenvalue weighted by molar-refractivity contribution is 0.525. The molecule has 4 rings (SSSR count). The summed E-state index contributed by atoms with van der Waals surface area (Å²) in [6, 6.07) is 18.6. The summed E-state index contributed by atoms with van der Waals surface area (Å²) >= 11 is 0. The second kappa shape index (κ2) is 9.10. The van der Waals surface area contributed by atoms with E-state index in [1.54, 1.807) is 42.6 Å². The molecule has 32 heavy (non-hydrogen) atoms. The Bertz CT molecular complexity index is 1280. The second-order valence-corrected chi connectivity index (χ2v) is 7.24. The lowest BCUT2D eigenvalue weighted by Gasteiger charge is -2.14. The lowest BCUT2D eigenvalue weighted by Crippen LogP contribution is -2.02. The molecule has 0 radical (unpaired) electrons. The largest absolute Gasteiger partial charge is 0.459 e. The third-order valence-corrected chi connectivity index (χ3v) is 4.88. The fraction of sp³-hybridized carbons (Fsp3) is 0.125. The fourth-order valence-corrected chi connectivity index (χ4v) is 3.36. The molecule has 158 valence electrons. The highest BCUT2D eigenvalue weighted by atomic mass is 16.3. The molecule has 8 heteroatoms. The van der Waals surface area contributed by atoms with Crippen molar-refractivity contribution < 1.29 is 4.42 Å². The van der Waals surface area contributed by atoms with Crippen molar-refractivity contribution in [3.63, 3.8) is 0 Å². The average molecular weight is 424 g/mol. The molecule has 0 fully saturated rings. The van der Waals surface area contributed by atoms with Gasteiger partial charge in [0.05, 0.1) is 11.6 Å². The van der Waals surface area contributed by atoms with Gasteiger partial charge in [-0.15, -0.1) is 0 Å². The van der Waals surface area contributed by atoms with Crippen LogP contribution in [-0.2, 0) is 6.54 Å². The minimum absolute atomic E-state index is 0.0180. The highest BCUT2D eigenvalue weighted by Crippen LogP contribution is 2.31. The van der Waals surface area contributed by atoms with E-state index in [-0.39, 0.29) is 6.54 Å². The van der Waals surface area contributed by atoms with Gasteiger partial charge in [-0.05, 0) is 79.6 Å². The normalized spacial score (nSPS) is 10.4. The minimum atomic E-state index is 0.0180. The molecule has 0 saturated carbocycles. The van der Waals surface area contributed by atoms with E-state index < -0.39 is 0 Å². The molecule has 0 aliphatic carbocycles. The van der Waals surface area contributed by atoms with Crippen LogP contribution in [0.25, 0.3) is 11.3 Å². The summed E-state index contributed by atoms with van der Waals surface area (Å²) in [4.78, 5) is 19.3. The summed E-state index contributed by atoms with van der Waals surface area (Å²) < 4.78 is 5.70. The minimum Gasteiger partial charge on any atom is -0.459 e. The van der Waals surface area contributed by atoms with Crippen LogP contribution in [0.4, 0.5) is 23.1 Å². The van der Waals surface area contributed by atoms with E-state index in [4.69, 9.17) is 9.68 Å². The van der Waals surface area contributed by atoms with Crippen LogP contribution in [0.2, 0.25) is 0 Å². The molecule has 8 nitrogen and oxygen atoms in total. The number of nitrogens with one attached hydrogen (secondary N) is 2. The molecule has 0 aliphatic rings. The van der Waals surface area contributed by atoms with Gasteiger partial charge in [0.25, 0.3) is 0 Å². The van der Waals surface area contributed by atoms with Crippen LogP contribution in [-0.4, -0.2) is 9.97 Å². The molecule has 2 aromatic carbocycles. The van der Waals surface area contributed by atoms with Crippen LogP contribution < -0.4 is 10.6 Å². The van der Waals surface area contributed by atoms with E-state index in [1.165, 1.54) is 0 Å². The number of nitroso groups, excluding NO2 is 1. The Morgan fingerprint density at radius 2 is 1.78 bits per heavy atom. The van der Waals surface area contributed by atoms with Gasteiger partial charge < -0.3 is 15.1 Å². The number of nitrogens with zero attached hydrogens (tertiary/aromatic N) is 4. The van der Waals surface area contributed by atoms with Gasteiger partial charge in [0.2, 0.25) is 5.95 Å². The van der Waals surface area contributed by atoms with Crippen LogP contribution in [0.1, 0.15) is 22.5 Å². The SMILES string of the molecule is Cc1cc(-c2ccc(CN=O)o2)cc(C)c1Nc1ccnc(Nc2ccc(C#N)cc2)n1. The van der Waals surface area contributed by atoms with Crippen molar-refractivity contribution >= 4 is 23.1 Å². The molecule has 0 amide bonds.